The molecule has 1 aliphatic carbocycles. The number of benzene rings is 4. The summed E-state index contributed by atoms with van der Waals surface area (Å²) in [5.41, 5.74) is 4.19. The number of methoxy groups -OCH3 is 1. The van der Waals surface area contributed by atoms with Gasteiger partial charge in [0.1, 0.15) is 5.75 Å². The van der Waals surface area contributed by atoms with Crippen molar-refractivity contribution in [3.8, 4) is 5.75 Å². The molecule has 0 saturated carbocycles. The summed E-state index contributed by atoms with van der Waals surface area (Å²) in [6, 6.07) is 26.7. The van der Waals surface area contributed by atoms with Gasteiger partial charge in [0.05, 0.1) is 18.2 Å². The number of carbonyl (C=O) groups excluding carboxylic acids is 1. The van der Waals surface area contributed by atoms with Crippen molar-refractivity contribution < 1.29 is 19.4 Å². The number of ether oxygens (including phenoxy) is 1. The lowest BCUT2D eigenvalue weighted by atomic mass is 10.0. The van der Waals surface area contributed by atoms with Gasteiger partial charge in [0.15, 0.2) is 0 Å². The second-order valence-corrected chi connectivity index (χ2v) is 8.63. The van der Waals surface area contributed by atoms with E-state index in [0.717, 1.165) is 29.2 Å². The molecule has 4 aromatic rings. The van der Waals surface area contributed by atoms with Crippen molar-refractivity contribution in [2.75, 3.05) is 7.11 Å². The Morgan fingerprint density at radius 3 is 2.18 bits per heavy atom. The molecule has 0 aromatic heterocycles. The monoisotopic (exact) mass is 451 g/mol. The Hall–Kier alpha value is -4.12. The molecule has 0 heterocycles. The molecule has 0 atom stereocenters. The van der Waals surface area contributed by atoms with Crippen LogP contribution in [0.2, 0.25) is 0 Å². The molecule has 0 unspecified atom stereocenters. The lowest BCUT2D eigenvalue weighted by Gasteiger charge is -2.30. The van der Waals surface area contributed by atoms with Gasteiger partial charge in [-0.3, -0.25) is 4.79 Å². The molecule has 34 heavy (non-hydrogen) atoms. The van der Waals surface area contributed by atoms with Crippen LogP contribution in [0, 0.1) is 0 Å². The second kappa shape index (κ2) is 9.02. The first kappa shape index (κ1) is 21.7. The van der Waals surface area contributed by atoms with Gasteiger partial charge in [0.25, 0.3) is 5.91 Å². The molecule has 5 rings (SSSR count). The highest BCUT2D eigenvalue weighted by Crippen LogP contribution is 2.33. The zero-order valence-electron chi connectivity index (χ0n) is 18.9. The number of carbonyl (C=O) groups is 2. The van der Waals surface area contributed by atoms with Gasteiger partial charge in [-0.25, -0.2) is 4.79 Å². The van der Waals surface area contributed by atoms with Crippen LogP contribution in [0.1, 0.15) is 37.4 Å². The van der Waals surface area contributed by atoms with Crippen LogP contribution in [0.4, 0.5) is 0 Å². The molecular weight excluding hydrogens is 426 g/mol. The maximum Gasteiger partial charge on any atom is 0.335 e. The average molecular weight is 452 g/mol. The van der Waals surface area contributed by atoms with E-state index in [-0.39, 0.29) is 17.5 Å². The van der Waals surface area contributed by atoms with Crippen molar-refractivity contribution in [3.05, 3.63) is 113 Å². The highest BCUT2D eigenvalue weighted by molar-refractivity contribution is 6.09. The van der Waals surface area contributed by atoms with Crippen molar-refractivity contribution in [1.29, 1.82) is 0 Å². The maximum atomic E-state index is 14.2. The zero-order chi connectivity index (χ0) is 23.7. The first-order valence-electron chi connectivity index (χ1n) is 11.3. The maximum absolute atomic E-state index is 14.2. The number of carboxylic acid groups (broad SMARTS) is 1. The van der Waals surface area contributed by atoms with Crippen molar-refractivity contribution in [2.24, 2.45) is 0 Å². The molecule has 1 amide bonds. The van der Waals surface area contributed by atoms with Gasteiger partial charge in [-0.2, -0.15) is 0 Å². The summed E-state index contributed by atoms with van der Waals surface area (Å²) < 4.78 is 5.63. The minimum atomic E-state index is -0.966. The van der Waals surface area contributed by atoms with Gasteiger partial charge in [-0.15, -0.1) is 0 Å². The standard InChI is InChI=1S/C29H25NO4/c1-34-26-15-14-20-6-4-5-9-25(20)27(26)28(31)30(18-19-10-12-21(13-11-19)29(32)33)24-16-22-7-2-3-8-23(22)17-24/h2-15,24H,16-18H2,1H3,(H,32,33). The van der Waals surface area contributed by atoms with Crippen molar-refractivity contribution in [2.45, 2.75) is 25.4 Å². The van der Waals surface area contributed by atoms with Crippen LogP contribution in [-0.2, 0) is 19.4 Å². The molecule has 0 fully saturated rings. The fourth-order valence-corrected chi connectivity index (χ4v) is 4.86. The Balaban J connectivity index is 1.57. The van der Waals surface area contributed by atoms with Crippen LogP contribution in [0.5, 0.6) is 5.75 Å². The van der Waals surface area contributed by atoms with Gasteiger partial charge in [0.2, 0.25) is 0 Å². The molecule has 5 nitrogen and oxygen atoms in total. The number of aromatic carboxylic acids is 1. The number of fused-ring (bicyclic) bond motifs is 2. The lowest BCUT2D eigenvalue weighted by Crippen LogP contribution is -2.40. The molecule has 0 radical (unpaired) electrons. The summed E-state index contributed by atoms with van der Waals surface area (Å²) in [6.07, 6.45) is 1.56. The third-order valence-corrected chi connectivity index (χ3v) is 6.61. The molecule has 0 bridgehead atoms. The fraction of sp³-hybridized carbons (Fsp3) is 0.172. The Bertz CT molecular complexity index is 1350. The number of hydrogen-bond donors (Lipinski definition) is 1. The molecule has 5 heteroatoms. The first-order valence-corrected chi connectivity index (χ1v) is 11.3. The summed E-state index contributed by atoms with van der Waals surface area (Å²) in [6.45, 7) is 0.379. The zero-order valence-corrected chi connectivity index (χ0v) is 18.9. The lowest BCUT2D eigenvalue weighted by molar-refractivity contribution is 0.0662. The van der Waals surface area contributed by atoms with Crippen LogP contribution in [0.15, 0.2) is 84.9 Å². The summed E-state index contributed by atoms with van der Waals surface area (Å²) in [4.78, 5) is 27.4. The van der Waals surface area contributed by atoms with Crippen molar-refractivity contribution >= 4 is 22.6 Å². The molecule has 0 aliphatic heterocycles. The van der Waals surface area contributed by atoms with E-state index in [1.54, 1.807) is 31.4 Å². The van der Waals surface area contributed by atoms with Gasteiger partial charge >= 0.3 is 5.97 Å². The molecule has 1 N–H and O–H groups in total. The van der Waals surface area contributed by atoms with E-state index < -0.39 is 5.97 Å². The SMILES string of the molecule is COc1ccc2ccccc2c1C(=O)N(Cc1ccc(C(=O)O)cc1)C1Cc2ccccc2C1. The van der Waals surface area contributed by atoms with Crippen LogP contribution in [0.25, 0.3) is 10.8 Å². The number of nitrogens with zero attached hydrogens (tertiary/aromatic N) is 1. The van der Waals surface area contributed by atoms with E-state index in [9.17, 15) is 14.7 Å². The third-order valence-electron chi connectivity index (χ3n) is 6.61. The van der Waals surface area contributed by atoms with Crippen molar-refractivity contribution in [1.82, 2.24) is 4.90 Å². The van der Waals surface area contributed by atoms with E-state index in [2.05, 4.69) is 12.1 Å². The van der Waals surface area contributed by atoms with Gasteiger partial charge in [-0.1, -0.05) is 66.7 Å². The second-order valence-electron chi connectivity index (χ2n) is 8.63. The highest BCUT2D eigenvalue weighted by Gasteiger charge is 2.32. The largest absolute Gasteiger partial charge is 0.496 e. The molecule has 4 aromatic carbocycles. The minimum absolute atomic E-state index is 0.00674. The van der Waals surface area contributed by atoms with Crippen LogP contribution in [-0.4, -0.2) is 35.0 Å². The quantitative estimate of drug-likeness (QED) is 0.429. The number of carboxylic acids is 1. The van der Waals surface area contributed by atoms with Gasteiger partial charge in [0, 0.05) is 12.6 Å². The van der Waals surface area contributed by atoms with E-state index >= 15 is 0 Å². The van der Waals surface area contributed by atoms with Crippen LogP contribution in [0.3, 0.4) is 0 Å². The Morgan fingerprint density at radius 2 is 1.53 bits per heavy atom. The number of amides is 1. The topological polar surface area (TPSA) is 66.8 Å². The summed E-state index contributed by atoms with van der Waals surface area (Å²) in [5.74, 6) is -0.509. The van der Waals surface area contributed by atoms with Gasteiger partial charge in [-0.05, 0) is 58.5 Å². The molecule has 170 valence electrons. The highest BCUT2D eigenvalue weighted by atomic mass is 16.5. The van der Waals surface area contributed by atoms with Crippen LogP contribution >= 0.6 is 0 Å². The Morgan fingerprint density at radius 1 is 0.882 bits per heavy atom. The molecule has 0 saturated heterocycles. The van der Waals surface area contributed by atoms with E-state index in [1.807, 2.05) is 53.4 Å². The summed E-state index contributed by atoms with van der Waals surface area (Å²) in [5, 5.41) is 11.1. The number of hydrogen-bond acceptors (Lipinski definition) is 3. The Labute approximate surface area is 198 Å². The van der Waals surface area contributed by atoms with E-state index in [1.165, 1.54) is 11.1 Å². The van der Waals surface area contributed by atoms with E-state index in [0.29, 0.717) is 17.9 Å². The normalized spacial score (nSPS) is 13.0. The first-order chi connectivity index (χ1) is 16.5. The Kier molecular flexibility index (Phi) is 5.76. The molecule has 1 aliphatic rings. The van der Waals surface area contributed by atoms with E-state index in [4.69, 9.17) is 4.74 Å². The minimum Gasteiger partial charge on any atom is -0.496 e. The smallest absolute Gasteiger partial charge is 0.335 e. The molecule has 0 spiro atoms. The predicted molar refractivity (Wildman–Crippen MR) is 131 cm³/mol. The summed E-state index contributed by atoms with van der Waals surface area (Å²) >= 11 is 0. The van der Waals surface area contributed by atoms with Gasteiger partial charge < -0.3 is 14.7 Å². The fourth-order valence-electron chi connectivity index (χ4n) is 4.86. The van der Waals surface area contributed by atoms with Crippen LogP contribution < -0.4 is 4.74 Å². The summed E-state index contributed by atoms with van der Waals surface area (Å²) in [7, 11) is 1.58. The molecular formula is C29H25NO4. The van der Waals surface area contributed by atoms with Crippen molar-refractivity contribution in [3.63, 3.8) is 0 Å². The number of rotatable bonds is 6. The predicted octanol–water partition coefficient (Wildman–Crippen LogP) is 5.36. The average Bonchev–Trinajstić information content (AvgIpc) is 3.30. The third kappa shape index (κ3) is 4.01.